The van der Waals surface area contributed by atoms with Crippen molar-refractivity contribution in [1.29, 1.82) is 5.26 Å². The second-order valence-corrected chi connectivity index (χ2v) is 10.6. The van der Waals surface area contributed by atoms with Gasteiger partial charge in [0.2, 0.25) is 5.91 Å². The fourth-order valence-electron chi connectivity index (χ4n) is 5.85. The third-order valence-corrected chi connectivity index (χ3v) is 7.98. The number of hydrogen-bond donors (Lipinski definition) is 2. The Hall–Kier alpha value is -3.36. The van der Waals surface area contributed by atoms with Crippen LogP contribution < -0.4 is 5.32 Å². The van der Waals surface area contributed by atoms with Gasteiger partial charge >= 0.3 is 0 Å². The van der Waals surface area contributed by atoms with Gasteiger partial charge in [0.25, 0.3) is 0 Å². The summed E-state index contributed by atoms with van der Waals surface area (Å²) < 4.78 is 0. The van der Waals surface area contributed by atoms with Crippen molar-refractivity contribution in [1.82, 2.24) is 15.2 Å². The molecule has 2 heterocycles. The van der Waals surface area contributed by atoms with Crippen molar-refractivity contribution in [3.05, 3.63) is 76.5 Å². The largest absolute Gasteiger partial charge is 0.359 e. The molecular formula is C31H36N4O. The van der Waals surface area contributed by atoms with E-state index in [0.717, 1.165) is 73.6 Å². The number of hydrogen-bond acceptors (Lipinski definition) is 3. The van der Waals surface area contributed by atoms with E-state index in [1.807, 2.05) is 18.2 Å². The van der Waals surface area contributed by atoms with Crippen molar-refractivity contribution in [2.75, 3.05) is 19.6 Å². The van der Waals surface area contributed by atoms with E-state index >= 15 is 0 Å². The fraction of sp³-hybridized carbons (Fsp3) is 0.419. The van der Waals surface area contributed by atoms with Crippen molar-refractivity contribution in [3.8, 4) is 6.07 Å². The van der Waals surface area contributed by atoms with Crippen molar-refractivity contribution in [2.24, 2.45) is 5.92 Å². The van der Waals surface area contributed by atoms with Crippen LogP contribution in [0.15, 0.2) is 48.5 Å². The van der Waals surface area contributed by atoms with Crippen molar-refractivity contribution >= 4 is 22.9 Å². The maximum Gasteiger partial charge on any atom is 0.244 e. The van der Waals surface area contributed by atoms with Crippen molar-refractivity contribution < 1.29 is 4.79 Å². The Bertz CT molecular complexity index is 1290. The number of benzene rings is 2. The minimum atomic E-state index is 0.00693. The average molecular weight is 481 g/mol. The first-order valence-electron chi connectivity index (χ1n) is 13.4. The number of aromatic nitrogens is 1. The number of carbonyl (C=O) groups excluding carboxylic acids is 1. The molecule has 186 valence electrons. The predicted molar refractivity (Wildman–Crippen MR) is 146 cm³/mol. The molecule has 0 radical (unpaired) electrons. The Morgan fingerprint density at radius 1 is 1.08 bits per heavy atom. The highest BCUT2D eigenvalue weighted by Crippen LogP contribution is 2.28. The molecule has 5 nitrogen and oxygen atoms in total. The third-order valence-electron chi connectivity index (χ3n) is 7.98. The molecular weight excluding hydrogens is 444 g/mol. The predicted octanol–water partition coefficient (Wildman–Crippen LogP) is 5.53. The van der Waals surface area contributed by atoms with E-state index in [2.05, 4.69) is 58.5 Å². The number of aromatic amines is 1. The molecule has 0 unspecified atom stereocenters. The smallest absolute Gasteiger partial charge is 0.244 e. The van der Waals surface area contributed by atoms with E-state index in [0.29, 0.717) is 0 Å². The topological polar surface area (TPSA) is 71.9 Å². The SMILES string of the molecule is Cc1cc2cc(/C=C/C(=O)NC3CCC(CCN4CCc5ccc(C#N)cc5CC4)CC3)ccc2[nH]1. The highest BCUT2D eigenvalue weighted by atomic mass is 16.1. The number of nitrogens with one attached hydrogen (secondary N) is 2. The molecule has 0 spiro atoms. The molecule has 2 aliphatic rings. The highest BCUT2D eigenvalue weighted by Gasteiger charge is 2.23. The Morgan fingerprint density at radius 2 is 1.89 bits per heavy atom. The van der Waals surface area contributed by atoms with Crippen molar-refractivity contribution in [2.45, 2.75) is 57.9 Å². The van der Waals surface area contributed by atoms with Gasteiger partial charge in [-0.15, -0.1) is 0 Å². The minimum Gasteiger partial charge on any atom is -0.359 e. The Kier molecular flexibility index (Phi) is 7.53. The molecule has 36 heavy (non-hydrogen) atoms. The first-order valence-corrected chi connectivity index (χ1v) is 13.4. The number of rotatable bonds is 6. The molecule has 1 saturated carbocycles. The molecule has 5 rings (SSSR count). The quantitative estimate of drug-likeness (QED) is 0.456. The normalized spacial score (nSPS) is 20.7. The Labute approximate surface area is 214 Å². The van der Waals surface area contributed by atoms with Gasteiger partial charge < -0.3 is 15.2 Å². The van der Waals surface area contributed by atoms with Crippen LogP contribution in [0.5, 0.6) is 0 Å². The number of fused-ring (bicyclic) bond motifs is 2. The summed E-state index contributed by atoms with van der Waals surface area (Å²) in [7, 11) is 0. The summed E-state index contributed by atoms with van der Waals surface area (Å²) in [6, 6.07) is 17.1. The van der Waals surface area contributed by atoms with Crippen LogP contribution in [-0.4, -0.2) is 41.5 Å². The molecule has 0 atom stereocenters. The summed E-state index contributed by atoms with van der Waals surface area (Å²) in [4.78, 5) is 18.4. The number of nitrogens with zero attached hydrogens (tertiary/aromatic N) is 2. The van der Waals surface area contributed by atoms with Crippen LogP contribution in [0, 0.1) is 24.2 Å². The van der Waals surface area contributed by atoms with Crippen LogP contribution in [0.25, 0.3) is 17.0 Å². The number of amides is 1. The zero-order valence-corrected chi connectivity index (χ0v) is 21.2. The molecule has 5 heteroatoms. The lowest BCUT2D eigenvalue weighted by Crippen LogP contribution is -2.37. The molecule has 0 saturated heterocycles. The molecule has 1 aliphatic heterocycles. The minimum absolute atomic E-state index is 0.00693. The lowest BCUT2D eigenvalue weighted by Gasteiger charge is -2.30. The van der Waals surface area contributed by atoms with Gasteiger partial charge in [0.15, 0.2) is 0 Å². The molecule has 1 aliphatic carbocycles. The summed E-state index contributed by atoms with van der Waals surface area (Å²) >= 11 is 0. The number of carbonyl (C=O) groups is 1. The molecule has 0 bridgehead atoms. The van der Waals surface area contributed by atoms with Gasteiger partial charge in [-0.2, -0.15) is 5.26 Å². The van der Waals surface area contributed by atoms with E-state index in [1.54, 1.807) is 6.08 Å². The standard InChI is InChI=1S/C31H36N4O/c1-22-18-28-19-24(5-10-30(28)33-22)6-11-31(36)34-29-8-3-23(4-9-29)12-15-35-16-13-26-7-2-25(21-32)20-27(26)14-17-35/h2,5-7,10-11,18-20,23,29,33H,3-4,8-9,12-17H2,1H3,(H,34,36)/b11-6+. The van der Waals surface area contributed by atoms with E-state index in [-0.39, 0.29) is 11.9 Å². The summed E-state index contributed by atoms with van der Waals surface area (Å²) in [5, 5.41) is 13.6. The molecule has 1 aromatic heterocycles. The van der Waals surface area contributed by atoms with Crippen LogP contribution in [0.2, 0.25) is 0 Å². The van der Waals surface area contributed by atoms with Crippen LogP contribution in [0.4, 0.5) is 0 Å². The van der Waals surface area contributed by atoms with E-state index in [9.17, 15) is 10.1 Å². The summed E-state index contributed by atoms with van der Waals surface area (Å²) in [5.74, 6) is 0.758. The van der Waals surface area contributed by atoms with Crippen LogP contribution in [0.3, 0.4) is 0 Å². The van der Waals surface area contributed by atoms with E-state index in [4.69, 9.17) is 0 Å². The average Bonchev–Trinajstić information content (AvgIpc) is 3.14. The number of nitriles is 1. The molecule has 1 amide bonds. The van der Waals surface area contributed by atoms with Gasteiger partial charge in [0.05, 0.1) is 11.6 Å². The van der Waals surface area contributed by atoms with Gasteiger partial charge in [-0.05, 0) is 117 Å². The lowest BCUT2D eigenvalue weighted by molar-refractivity contribution is -0.117. The first-order chi connectivity index (χ1) is 17.6. The Balaban J connectivity index is 1.03. The van der Waals surface area contributed by atoms with Gasteiger partial charge in [-0.1, -0.05) is 12.1 Å². The molecule has 2 aromatic carbocycles. The van der Waals surface area contributed by atoms with E-state index < -0.39 is 0 Å². The van der Waals surface area contributed by atoms with Crippen molar-refractivity contribution in [3.63, 3.8) is 0 Å². The number of H-pyrrole nitrogens is 1. The number of aryl methyl sites for hydroxylation is 1. The summed E-state index contributed by atoms with van der Waals surface area (Å²) in [6.07, 6.45) is 11.5. The maximum absolute atomic E-state index is 12.5. The highest BCUT2D eigenvalue weighted by molar-refractivity contribution is 5.93. The molecule has 1 fully saturated rings. The maximum atomic E-state index is 12.5. The molecule has 3 aromatic rings. The van der Waals surface area contributed by atoms with Gasteiger partial charge in [-0.25, -0.2) is 0 Å². The third kappa shape index (κ3) is 6.06. The summed E-state index contributed by atoms with van der Waals surface area (Å²) in [5.41, 5.74) is 6.84. The summed E-state index contributed by atoms with van der Waals surface area (Å²) in [6.45, 7) is 5.39. The fourth-order valence-corrected chi connectivity index (χ4v) is 5.85. The monoisotopic (exact) mass is 480 g/mol. The first kappa shape index (κ1) is 24.3. The second-order valence-electron chi connectivity index (χ2n) is 10.6. The zero-order valence-electron chi connectivity index (χ0n) is 21.2. The van der Waals surface area contributed by atoms with Crippen LogP contribution in [0.1, 0.15) is 60.1 Å². The van der Waals surface area contributed by atoms with E-state index in [1.165, 1.54) is 35.8 Å². The lowest BCUT2D eigenvalue weighted by atomic mass is 9.84. The van der Waals surface area contributed by atoms with Gasteiger partial charge in [0, 0.05) is 41.8 Å². The Morgan fingerprint density at radius 3 is 2.69 bits per heavy atom. The zero-order chi connectivity index (χ0) is 24.9. The van der Waals surface area contributed by atoms with Gasteiger partial charge in [0.1, 0.15) is 0 Å². The second kappa shape index (κ2) is 11.1. The molecule has 2 N–H and O–H groups in total. The van der Waals surface area contributed by atoms with Gasteiger partial charge in [-0.3, -0.25) is 4.79 Å². The van der Waals surface area contributed by atoms with Crippen LogP contribution >= 0.6 is 0 Å². The van der Waals surface area contributed by atoms with Crippen LogP contribution in [-0.2, 0) is 17.6 Å².